The van der Waals surface area contributed by atoms with Crippen molar-refractivity contribution in [3.63, 3.8) is 0 Å². The van der Waals surface area contributed by atoms with Crippen molar-refractivity contribution >= 4 is 41.4 Å². The van der Waals surface area contributed by atoms with Gasteiger partial charge in [0.15, 0.2) is 0 Å². The Balaban J connectivity index is 2.74. The van der Waals surface area contributed by atoms with Crippen LogP contribution in [0.5, 0.6) is 0 Å². The fraction of sp³-hybridized carbons (Fsp3) is 0.111. The third kappa shape index (κ3) is 1.81. The first kappa shape index (κ1) is 11.4. The number of anilines is 1. The molecule has 7 heteroatoms. The highest BCUT2D eigenvalue weighted by atomic mass is 35.5. The zero-order valence-electron chi connectivity index (χ0n) is 8.29. The van der Waals surface area contributed by atoms with E-state index in [2.05, 4.69) is 10.2 Å². The Labute approximate surface area is 107 Å². The van der Waals surface area contributed by atoms with E-state index in [-0.39, 0.29) is 5.95 Å². The zero-order chi connectivity index (χ0) is 11.9. The van der Waals surface area contributed by atoms with Crippen molar-refractivity contribution in [3.8, 4) is 5.69 Å². The molecule has 1 aromatic heterocycles. The third-order valence-electron chi connectivity index (χ3n) is 2.17. The molecule has 0 spiro atoms. The maximum Gasteiger partial charge on any atom is 0.225 e. The van der Waals surface area contributed by atoms with Gasteiger partial charge in [-0.25, -0.2) is 5.10 Å². The molecule has 2 aromatic rings. The highest BCUT2D eigenvalue weighted by Crippen LogP contribution is 2.28. The van der Waals surface area contributed by atoms with E-state index in [1.165, 1.54) is 4.57 Å². The predicted molar refractivity (Wildman–Crippen MR) is 67.9 cm³/mol. The SMILES string of the molecule is Cc1cc(Cl)c(-n2c(N)n[nH]c2=S)cc1Cl. The molecule has 0 amide bonds. The molecule has 0 atom stereocenters. The second-order valence-electron chi connectivity index (χ2n) is 3.28. The average molecular weight is 275 g/mol. The number of rotatable bonds is 1. The van der Waals surface area contributed by atoms with Gasteiger partial charge < -0.3 is 5.73 Å². The number of hydrogen-bond acceptors (Lipinski definition) is 3. The minimum atomic E-state index is 0.242. The van der Waals surface area contributed by atoms with Crippen molar-refractivity contribution in [2.45, 2.75) is 6.92 Å². The van der Waals surface area contributed by atoms with Gasteiger partial charge in [0.1, 0.15) is 0 Å². The predicted octanol–water partition coefficient (Wildman–Crippen LogP) is 3.13. The first-order chi connectivity index (χ1) is 7.50. The highest BCUT2D eigenvalue weighted by Gasteiger charge is 2.11. The fourth-order valence-corrected chi connectivity index (χ4v) is 2.05. The molecule has 1 aromatic carbocycles. The number of halogens is 2. The lowest BCUT2D eigenvalue weighted by atomic mass is 10.2. The van der Waals surface area contributed by atoms with Crippen molar-refractivity contribution in [3.05, 3.63) is 32.5 Å². The third-order valence-corrected chi connectivity index (χ3v) is 3.15. The highest BCUT2D eigenvalue weighted by molar-refractivity contribution is 7.71. The van der Waals surface area contributed by atoms with Crippen LogP contribution in [0.2, 0.25) is 10.0 Å². The molecule has 0 aliphatic heterocycles. The summed E-state index contributed by atoms with van der Waals surface area (Å²) in [4.78, 5) is 0. The molecular weight excluding hydrogens is 267 g/mol. The molecule has 0 saturated heterocycles. The Kier molecular flexibility index (Phi) is 2.92. The molecule has 0 saturated carbocycles. The number of benzene rings is 1. The normalized spacial score (nSPS) is 10.7. The second-order valence-corrected chi connectivity index (χ2v) is 4.48. The van der Waals surface area contributed by atoms with E-state index in [9.17, 15) is 0 Å². The zero-order valence-corrected chi connectivity index (χ0v) is 10.6. The molecule has 0 bridgehead atoms. The topological polar surface area (TPSA) is 59.6 Å². The maximum absolute atomic E-state index is 6.11. The number of aromatic nitrogens is 3. The number of nitrogen functional groups attached to an aromatic ring is 1. The second kappa shape index (κ2) is 4.08. The summed E-state index contributed by atoms with van der Waals surface area (Å²) >= 11 is 17.2. The summed E-state index contributed by atoms with van der Waals surface area (Å²) in [6, 6.07) is 3.47. The smallest absolute Gasteiger partial charge is 0.225 e. The number of aryl methyl sites for hydroxylation is 1. The van der Waals surface area contributed by atoms with E-state index in [0.717, 1.165) is 5.56 Å². The largest absolute Gasteiger partial charge is 0.368 e. The van der Waals surface area contributed by atoms with Crippen LogP contribution in [0.15, 0.2) is 12.1 Å². The van der Waals surface area contributed by atoms with E-state index in [1.54, 1.807) is 12.1 Å². The number of hydrogen-bond donors (Lipinski definition) is 2. The van der Waals surface area contributed by atoms with Crippen LogP contribution < -0.4 is 5.73 Å². The van der Waals surface area contributed by atoms with Crippen molar-refractivity contribution in [2.24, 2.45) is 0 Å². The molecule has 16 heavy (non-hydrogen) atoms. The summed E-state index contributed by atoms with van der Waals surface area (Å²) < 4.78 is 1.91. The van der Waals surface area contributed by atoms with Gasteiger partial charge in [-0.05, 0) is 36.8 Å². The Morgan fingerprint density at radius 3 is 2.62 bits per heavy atom. The summed E-state index contributed by atoms with van der Waals surface area (Å²) in [7, 11) is 0. The summed E-state index contributed by atoms with van der Waals surface area (Å²) in [6.45, 7) is 1.87. The maximum atomic E-state index is 6.11. The standard InChI is InChI=1S/C9H8Cl2N4S/c1-4-2-6(11)7(3-5(4)10)15-8(12)13-14-9(15)16/h2-3H,1H3,(H2,12,13)(H,14,16). The lowest BCUT2D eigenvalue weighted by Gasteiger charge is -2.08. The number of nitrogens with zero attached hydrogens (tertiary/aromatic N) is 2. The molecule has 3 N–H and O–H groups in total. The van der Waals surface area contributed by atoms with E-state index >= 15 is 0 Å². The Morgan fingerprint density at radius 1 is 1.38 bits per heavy atom. The number of H-pyrrole nitrogens is 1. The van der Waals surface area contributed by atoms with Crippen LogP contribution in [0.4, 0.5) is 5.95 Å². The van der Waals surface area contributed by atoms with Gasteiger partial charge in [0.05, 0.1) is 10.7 Å². The van der Waals surface area contributed by atoms with Gasteiger partial charge in [-0.1, -0.05) is 23.2 Å². The molecule has 0 unspecified atom stereocenters. The number of nitrogens with two attached hydrogens (primary N) is 1. The molecule has 2 rings (SSSR count). The van der Waals surface area contributed by atoms with Gasteiger partial charge in [0.25, 0.3) is 0 Å². The molecule has 0 aliphatic carbocycles. The summed E-state index contributed by atoms with van der Waals surface area (Å²) in [6.07, 6.45) is 0. The summed E-state index contributed by atoms with van der Waals surface area (Å²) in [5, 5.41) is 7.51. The fourth-order valence-electron chi connectivity index (χ4n) is 1.35. The molecule has 0 aliphatic rings. The average Bonchev–Trinajstić information content (AvgIpc) is 2.53. The Bertz CT molecular complexity index is 602. The van der Waals surface area contributed by atoms with Gasteiger partial charge in [-0.2, -0.15) is 0 Å². The molecule has 84 valence electrons. The molecule has 1 heterocycles. The van der Waals surface area contributed by atoms with Crippen molar-refractivity contribution in [1.29, 1.82) is 0 Å². The summed E-state index contributed by atoms with van der Waals surface area (Å²) in [5.41, 5.74) is 7.19. The van der Waals surface area contributed by atoms with E-state index in [4.69, 9.17) is 41.2 Å². The van der Waals surface area contributed by atoms with Gasteiger partial charge in [-0.3, -0.25) is 4.57 Å². The van der Waals surface area contributed by atoms with Crippen molar-refractivity contribution < 1.29 is 0 Å². The van der Waals surface area contributed by atoms with Crippen LogP contribution in [0, 0.1) is 11.7 Å². The van der Waals surface area contributed by atoms with Crippen LogP contribution in [0.1, 0.15) is 5.56 Å². The van der Waals surface area contributed by atoms with Crippen LogP contribution >= 0.6 is 35.4 Å². The molecule has 4 nitrogen and oxygen atoms in total. The first-order valence-corrected chi connectivity index (χ1v) is 5.56. The van der Waals surface area contributed by atoms with E-state index < -0.39 is 0 Å². The van der Waals surface area contributed by atoms with Crippen molar-refractivity contribution in [2.75, 3.05) is 5.73 Å². The lowest BCUT2D eigenvalue weighted by Crippen LogP contribution is -2.02. The van der Waals surface area contributed by atoms with Gasteiger partial charge in [0.2, 0.25) is 10.7 Å². The van der Waals surface area contributed by atoms with Crippen molar-refractivity contribution in [1.82, 2.24) is 14.8 Å². The van der Waals surface area contributed by atoms with E-state index in [0.29, 0.717) is 20.5 Å². The van der Waals surface area contributed by atoms with Crippen LogP contribution in [-0.2, 0) is 0 Å². The minimum absolute atomic E-state index is 0.242. The minimum Gasteiger partial charge on any atom is -0.368 e. The Morgan fingerprint density at radius 2 is 2.06 bits per heavy atom. The first-order valence-electron chi connectivity index (χ1n) is 4.39. The number of nitrogens with one attached hydrogen (secondary N) is 1. The molecule has 0 radical (unpaired) electrons. The van der Waals surface area contributed by atoms with Gasteiger partial charge >= 0.3 is 0 Å². The molecule has 0 fully saturated rings. The van der Waals surface area contributed by atoms with E-state index in [1.807, 2.05) is 6.92 Å². The number of aromatic amines is 1. The van der Waals surface area contributed by atoms with Gasteiger partial charge in [0, 0.05) is 5.02 Å². The van der Waals surface area contributed by atoms with Crippen LogP contribution in [-0.4, -0.2) is 14.8 Å². The molecular formula is C9H8Cl2N4S. The van der Waals surface area contributed by atoms with Crippen LogP contribution in [0.25, 0.3) is 5.69 Å². The lowest BCUT2D eigenvalue weighted by molar-refractivity contribution is 1.04. The quantitative estimate of drug-likeness (QED) is 0.786. The Hall–Kier alpha value is -1.04. The van der Waals surface area contributed by atoms with Crippen LogP contribution in [0.3, 0.4) is 0 Å². The van der Waals surface area contributed by atoms with Gasteiger partial charge in [-0.15, -0.1) is 5.10 Å². The monoisotopic (exact) mass is 274 g/mol. The summed E-state index contributed by atoms with van der Waals surface area (Å²) in [5.74, 6) is 0.242.